The molecule has 0 saturated heterocycles. The monoisotopic (exact) mass is 206 g/mol. The van der Waals surface area contributed by atoms with Crippen LogP contribution in [0.25, 0.3) is 10.4 Å². The molecule has 0 fully saturated rings. The summed E-state index contributed by atoms with van der Waals surface area (Å²) in [5.41, 5.74) is 0.908. The van der Waals surface area contributed by atoms with Gasteiger partial charge in [0.25, 0.3) is 0 Å². The molecule has 0 aliphatic rings. The maximum Gasteiger partial charge on any atom is 0.363 e. The molecule has 2 aromatic rings. The Hall–Kier alpha value is -1.75. The molecule has 0 spiro atoms. The molecule has 0 amide bonds. The Morgan fingerprint density at radius 1 is 1.36 bits per heavy atom. The first-order valence-corrected chi connectivity index (χ1v) is 4.79. The van der Waals surface area contributed by atoms with Crippen LogP contribution in [0.4, 0.5) is 5.82 Å². The molecular formula is C9H6N2O2S. The van der Waals surface area contributed by atoms with Gasteiger partial charge in [-0.25, -0.2) is 0 Å². The van der Waals surface area contributed by atoms with Crippen molar-refractivity contribution in [2.45, 2.75) is 0 Å². The largest absolute Gasteiger partial charge is 0.363 e. The van der Waals surface area contributed by atoms with E-state index in [2.05, 4.69) is 4.98 Å². The quantitative estimate of drug-likeness (QED) is 0.560. The summed E-state index contributed by atoms with van der Waals surface area (Å²) in [5.74, 6) is -0.120. The van der Waals surface area contributed by atoms with Gasteiger partial charge in [0, 0.05) is 16.5 Å². The first-order valence-electron chi connectivity index (χ1n) is 3.92. The number of hydrogen-bond donors (Lipinski definition) is 0. The highest BCUT2D eigenvalue weighted by Gasteiger charge is 2.07. The van der Waals surface area contributed by atoms with Crippen molar-refractivity contribution in [2.75, 3.05) is 0 Å². The molecule has 0 radical (unpaired) electrons. The number of hydrogen-bond acceptors (Lipinski definition) is 4. The van der Waals surface area contributed by atoms with Gasteiger partial charge in [0.1, 0.15) is 6.20 Å². The van der Waals surface area contributed by atoms with E-state index in [1.54, 1.807) is 17.4 Å². The fourth-order valence-corrected chi connectivity index (χ4v) is 1.80. The molecule has 0 unspecified atom stereocenters. The van der Waals surface area contributed by atoms with E-state index in [1.165, 1.54) is 12.3 Å². The smallest absolute Gasteiger partial charge is 0.358 e. The second kappa shape index (κ2) is 3.55. The number of aromatic nitrogens is 1. The number of rotatable bonds is 2. The van der Waals surface area contributed by atoms with Gasteiger partial charge >= 0.3 is 5.82 Å². The van der Waals surface area contributed by atoms with Crippen molar-refractivity contribution in [3.05, 3.63) is 46.0 Å². The van der Waals surface area contributed by atoms with Crippen molar-refractivity contribution in [3.63, 3.8) is 0 Å². The van der Waals surface area contributed by atoms with Crippen molar-refractivity contribution in [1.82, 2.24) is 4.98 Å². The molecule has 0 saturated carbocycles. The maximum atomic E-state index is 10.3. The van der Waals surface area contributed by atoms with Crippen LogP contribution in [-0.4, -0.2) is 9.91 Å². The van der Waals surface area contributed by atoms with Crippen molar-refractivity contribution in [2.24, 2.45) is 0 Å². The number of thiophene rings is 1. The molecule has 5 heteroatoms. The normalized spacial score (nSPS) is 10.0. The van der Waals surface area contributed by atoms with Crippen LogP contribution >= 0.6 is 11.3 Å². The highest BCUT2D eigenvalue weighted by molar-refractivity contribution is 7.13. The Labute approximate surface area is 84.0 Å². The highest BCUT2D eigenvalue weighted by atomic mass is 32.1. The summed E-state index contributed by atoms with van der Waals surface area (Å²) in [4.78, 5) is 14.6. The number of nitro groups is 1. The Bertz CT molecular complexity index is 436. The molecule has 2 aromatic heterocycles. The zero-order chi connectivity index (χ0) is 9.97. The number of pyridine rings is 1. The summed E-state index contributed by atoms with van der Waals surface area (Å²) in [5, 5.41) is 12.3. The zero-order valence-corrected chi connectivity index (χ0v) is 7.90. The maximum absolute atomic E-state index is 10.3. The first kappa shape index (κ1) is 8.83. The average Bonchev–Trinajstić information content (AvgIpc) is 2.71. The Morgan fingerprint density at radius 2 is 2.21 bits per heavy atom. The summed E-state index contributed by atoms with van der Waals surface area (Å²) < 4.78 is 0. The van der Waals surface area contributed by atoms with E-state index in [0.717, 1.165) is 10.4 Å². The molecule has 4 nitrogen and oxygen atoms in total. The molecule has 70 valence electrons. The number of nitrogens with zero attached hydrogens (tertiary/aromatic N) is 2. The van der Waals surface area contributed by atoms with Crippen molar-refractivity contribution >= 4 is 17.2 Å². The molecule has 0 bridgehead atoms. The molecule has 0 atom stereocenters. The van der Waals surface area contributed by atoms with Crippen LogP contribution in [0.5, 0.6) is 0 Å². The lowest BCUT2D eigenvalue weighted by Crippen LogP contribution is -1.90. The lowest BCUT2D eigenvalue weighted by Gasteiger charge is -1.93. The van der Waals surface area contributed by atoms with E-state index < -0.39 is 4.92 Å². The minimum absolute atomic E-state index is 0.120. The average molecular weight is 206 g/mol. The Kier molecular flexibility index (Phi) is 2.24. The van der Waals surface area contributed by atoms with Gasteiger partial charge in [-0.2, -0.15) is 0 Å². The lowest BCUT2D eigenvalue weighted by atomic mass is 10.2. The van der Waals surface area contributed by atoms with Gasteiger partial charge in [-0.3, -0.25) is 0 Å². The van der Waals surface area contributed by atoms with Crippen LogP contribution in [0, 0.1) is 10.1 Å². The van der Waals surface area contributed by atoms with Crippen molar-refractivity contribution in [3.8, 4) is 10.4 Å². The third-order valence-electron chi connectivity index (χ3n) is 1.74. The fourth-order valence-electron chi connectivity index (χ4n) is 1.08. The molecule has 2 rings (SSSR count). The third-order valence-corrected chi connectivity index (χ3v) is 2.66. The van der Waals surface area contributed by atoms with Gasteiger partial charge in [-0.05, 0) is 27.4 Å². The van der Waals surface area contributed by atoms with Gasteiger partial charge in [-0.15, -0.1) is 11.3 Å². The summed E-state index contributed by atoms with van der Waals surface area (Å²) in [6.45, 7) is 0. The highest BCUT2D eigenvalue weighted by Crippen LogP contribution is 2.24. The van der Waals surface area contributed by atoms with Crippen LogP contribution in [-0.2, 0) is 0 Å². The van der Waals surface area contributed by atoms with E-state index in [1.807, 2.05) is 17.5 Å². The molecule has 0 aliphatic heterocycles. The molecule has 0 aliphatic carbocycles. The predicted molar refractivity (Wildman–Crippen MR) is 54.2 cm³/mol. The minimum Gasteiger partial charge on any atom is -0.358 e. The summed E-state index contributed by atoms with van der Waals surface area (Å²) in [6, 6.07) is 7.00. The van der Waals surface area contributed by atoms with E-state index in [-0.39, 0.29) is 5.82 Å². The summed E-state index contributed by atoms with van der Waals surface area (Å²) >= 11 is 1.58. The SMILES string of the molecule is O=[N+]([O-])c1ccc(-c2cccs2)cn1. The Morgan fingerprint density at radius 3 is 2.71 bits per heavy atom. The van der Waals surface area contributed by atoms with Crippen LogP contribution < -0.4 is 0 Å². The Balaban J connectivity index is 2.36. The van der Waals surface area contributed by atoms with E-state index in [9.17, 15) is 10.1 Å². The molecule has 14 heavy (non-hydrogen) atoms. The molecular weight excluding hydrogens is 200 g/mol. The van der Waals surface area contributed by atoms with Gasteiger partial charge in [-0.1, -0.05) is 6.07 Å². The van der Waals surface area contributed by atoms with E-state index in [4.69, 9.17) is 0 Å². The molecule has 0 N–H and O–H groups in total. The van der Waals surface area contributed by atoms with Crippen LogP contribution in [0.2, 0.25) is 0 Å². The van der Waals surface area contributed by atoms with Crippen molar-refractivity contribution in [1.29, 1.82) is 0 Å². The van der Waals surface area contributed by atoms with Gasteiger partial charge < -0.3 is 10.1 Å². The van der Waals surface area contributed by atoms with Gasteiger partial charge in [0.2, 0.25) is 0 Å². The topological polar surface area (TPSA) is 56.0 Å². The lowest BCUT2D eigenvalue weighted by molar-refractivity contribution is -0.389. The van der Waals surface area contributed by atoms with E-state index in [0.29, 0.717) is 0 Å². The third kappa shape index (κ3) is 1.62. The first-order chi connectivity index (χ1) is 6.77. The summed E-state index contributed by atoms with van der Waals surface area (Å²) in [7, 11) is 0. The predicted octanol–water partition coefficient (Wildman–Crippen LogP) is 2.72. The zero-order valence-electron chi connectivity index (χ0n) is 7.08. The second-order valence-electron chi connectivity index (χ2n) is 2.64. The fraction of sp³-hybridized carbons (Fsp3) is 0. The van der Waals surface area contributed by atoms with Crippen LogP contribution in [0.3, 0.4) is 0 Å². The van der Waals surface area contributed by atoms with Crippen molar-refractivity contribution < 1.29 is 4.92 Å². The van der Waals surface area contributed by atoms with E-state index >= 15 is 0 Å². The van der Waals surface area contributed by atoms with Gasteiger partial charge in [0.15, 0.2) is 0 Å². The molecule has 2 heterocycles. The van der Waals surface area contributed by atoms with Gasteiger partial charge in [0.05, 0.1) is 0 Å². The van der Waals surface area contributed by atoms with Crippen LogP contribution in [0.1, 0.15) is 0 Å². The summed E-state index contributed by atoms with van der Waals surface area (Å²) in [6.07, 6.45) is 1.52. The van der Waals surface area contributed by atoms with Crippen LogP contribution in [0.15, 0.2) is 35.8 Å². The second-order valence-corrected chi connectivity index (χ2v) is 3.59. The molecule has 0 aromatic carbocycles. The standard InChI is InChI=1S/C9H6N2O2S/c12-11(13)9-4-3-7(6-10-9)8-2-1-5-14-8/h1-6H. The minimum atomic E-state index is -0.502.